The Morgan fingerprint density at radius 1 is 1.29 bits per heavy atom. The molecule has 0 aromatic heterocycles. The third-order valence-electron chi connectivity index (χ3n) is 3.38. The van der Waals surface area contributed by atoms with Gasteiger partial charge in [-0.1, -0.05) is 13.8 Å². The van der Waals surface area contributed by atoms with Crippen LogP contribution < -0.4 is 10.6 Å². The van der Waals surface area contributed by atoms with Gasteiger partial charge in [0.25, 0.3) is 0 Å². The monoisotopic (exact) mass is 300 g/mol. The van der Waals surface area contributed by atoms with E-state index < -0.39 is 28.9 Å². The number of aliphatic carboxylic acids is 1. The topological polar surface area (TPSA) is 105 Å². The number of carbonyl (C=O) groups excluding carboxylic acids is 2. The molecule has 0 spiro atoms. The summed E-state index contributed by atoms with van der Waals surface area (Å²) in [5.74, 6) is -1.46. The molecule has 0 aromatic rings. The molecule has 1 heterocycles. The zero-order valence-corrected chi connectivity index (χ0v) is 12.8. The summed E-state index contributed by atoms with van der Waals surface area (Å²) in [6, 6.07) is -0.570. The number of imide groups is 1. The molecular weight excluding hydrogens is 276 g/mol. The van der Waals surface area contributed by atoms with Gasteiger partial charge in [0.1, 0.15) is 0 Å². The Kier molecular flexibility index (Phi) is 5.71. The van der Waals surface area contributed by atoms with Crippen LogP contribution in [0.4, 0.5) is 4.79 Å². The number of rotatable bonds is 5. The van der Waals surface area contributed by atoms with Crippen molar-refractivity contribution in [1.82, 2.24) is 10.6 Å². The number of carbonyl (C=O) groups is 3. The molecule has 1 unspecified atom stereocenters. The average Bonchev–Trinajstić information content (AvgIpc) is 2.24. The van der Waals surface area contributed by atoms with Crippen LogP contribution in [-0.2, 0) is 14.3 Å². The Balaban J connectivity index is 2.43. The highest BCUT2D eigenvalue weighted by Crippen LogP contribution is 2.24. The van der Waals surface area contributed by atoms with Crippen molar-refractivity contribution in [3.63, 3.8) is 0 Å². The predicted octanol–water partition coefficient (Wildman–Crippen LogP) is 1.27. The van der Waals surface area contributed by atoms with E-state index in [-0.39, 0.29) is 12.8 Å². The number of nitrogens with one attached hydrogen (secondary N) is 2. The molecule has 3 N–H and O–H groups in total. The van der Waals surface area contributed by atoms with Crippen LogP contribution in [0.3, 0.4) is 0 Å². The summed E-state index contributed by atoms with van der Waals surface area (Å²) in [4.78, 5) is 34.3. The van der Waals surface area contributed by atoms with Crippen LogP contribution in [0.1, 0.15) is 46.5 Å². The summed E-state index contributed by atoms with van der Waals surface area (Å²) in [5, 5.41) is 13.8. The molecule has 0 aliphatic carbocycles. The third-order valence-corrected chi connectivity index (χ3v) is 3.38. The van der Waals surface area contributed by atoms with E-state index in [1.165, 1.54) is 0 Å². The van der Waals surface area contributed by atoms with E-state index in [1.807, 2.05) is 6.92 Å². The van der Waals surface area contributed by atoms with E-state index in [4.69, 9.17) is 9.84 Å². The molecule has 21 heavy (non-hydrogen) atoms. The summed E-state index contributed by atoms with van der Waals surface area (Å²) in [5.41, 5.74) is -1.17. The predicted molar refractivity (Wildman–Crippen MR) is 75.8 cm³/mol. The van der Waals surface area contributed by atoms with Gasteiger partial charge in [-0.15, -0.1) is 0 Å². The van der Waals surface area contributed by atoms with Crippen LogP contribution in [0.2, 0.25) is 0 Å². The minimum Gasteiger partial charge on any atom is -0.481 e. The van der Waals surface area contributed by atoms with Crippen molar-refractivity contribution in [3.8, 4) is 0 Å². The standard InChI is InChI=1S/C14H24N2O5/c1-13(2,8-11(18)19)7-10(17)15-12(20)16-14(3)5-4-6-21-9-14/h4-9H2,1-3H3,(H,18,19)(H2,15,16,17,20). The lowest BCUT2D eigenvalue weighted by atomic mass is 9.85. The van der Waals surface area contributed by atoms with E-state index in [2.05, 4.69) is 10.6 Å². The first-order valence-electron chi connectivity index (χ1n) is 7.03. The second-order valence-electron chi connectivity index (χ2n) is 6.63. The normalized spacial score (nSPS) is 22.4. The molecule has 0 aromatic carbocycles. The van der Waals surface area contributed by atoms with Gasteiger partial charge in [-0.25, -0.2) is 4.79 Å². The first-order chi connectivity index (χ1) is 9.62. The Labute approximate surface area is 124 Å². The molecule has 1 aliphatic rings. The van der Waals surface area contributed by atoms with Crippen molar-refractivity contribution in [3.05, 3.63) is 0 Å². The number of hydrogen-bond acceptors (Lipinski definition) is 4. The van der Waals surface area contributed by atoms with Crippen molar-refractivity contribution >= 4 is 17.9 Å². The van der Waals surface area contributed by atoms with Gasteiger partial charge in [-0.3, -0.25) is 14.9 Å². The number of carboxylic acids is 1. The zero-order valence-electron chi connectivity index (χ0n) is 12.8. The maximum atomic E-state index is 11.8. The molecule has 1 saturated heterocycles. The smallest absolute Gasteiger partial charge is 0.321 e. The summed E-state index contributed by atoms with van der Waals surface area (Å²) in [7, 11) is 0. The number of ether oxygens (including phenoxy) is 1. The number of hydrogen-bond donors (Lipinski definition) is 3. The van der Waals surface area contributed by atoms with Crippen LogP contribution in [0.5, 0.6) is 0 Å². The van der Waals surface area contributed by atoms with E-state index in [0.29, 0.717) is 13.2 Å². The number of amides is 3. The van der Waals surface area contributed by atoms with Gasteiger partial charge in [0, 0.05) is 13.0 Å². The van der Waals surface area contributed by atoms with Crippen molar-refractivity contribution in [1.29, 1.82) is 0 Å². The second kappa shape index (κ2) is 6.89. The zero-order chi connectivity index (χ0) is 16.1. The summed E-state index contributed by atoms with van der Waals surface area (Å²) in [6.45, 7) is 6.31. The van der Waals surface area contributed by atoms with E-state index in [1.54, 1.807) is 13.8 Å². The Hall–Kier alpha value is -1.63. The Bertz CT molecular complexity index is 414. The molecule has 7 nitrogen and oxygen atoms in total. The maximum Gasteiger partial charge on any atom is 0.321 e. The summed E-state index contributed by atoms with van der Waals surface area (Å²) < 4.78 is 5.32. The average molecular weight is 300 g/mol. The van der Waals surface area contributed by atoms with Gasteiger partial charge < -0.3 is 15.2 Å². The lowest BCUT2D eigenvalue weighted by Gasteiger charge is -2.34. The van der Waals surface area contributed by atoms with Gasteiger partial charge in [0.05, 0.1) is 18.6 Å². The van der Waals surface area contributed by atoms with E-state index in [9.17, 15) is 14.4 Å². The fraction of sp³-hybridized carbons (Fsp3) is 0.786. The maximum absolute atomic E-state index is 11.8. The van der Waals surface area contributed by atoms with Crippen LogP contribution in [0.15, 0.2) is 0 Å². The molecule has 7 heteroatoms. The minimum atomic E-state index is -0.968. The SMILES string of the molecule is CC(C)(CC(=O)O)CC(=O)NC(=O)NC1(C)CCCOC1. The van der Waals surface area contributed by atoms with Gasteiger partial charge in [0.15, 0.2) is 0 Å². The molecule has 0 saturated carbocycles. The third kappa shape index (κ3) is 6.57. The molecule has 3 amide bonds. The molecule has 0 bridgehead atoms. The minimum absolute atomic E-state index is 0.0278. The first-order valence-corrected chi connectivity index (χ1v) is 7.03. The van der Waals surface area contributed by atoms with E-state index >= 15 is 0 Å². The van der Waals surface area contributed by atoms with Crippen molar-refractivity contribution in [2.45, 2.75) is 52.0 Å². The molecule has 120 valence electrons. The second-order valence-corrected chi connectivity index (χ2v) is 6.63. The first kappa shape index (κ1) is 17.4. The van der Waals surface area contributed by atoms with Gasteiger partial charge in [-0.05, 0) is 25.2 Å². The number of carboxylic acid groups (broad SMARTS) is 1. The summed E-state index contributed by atoms with van der Waals surface area (Å²) >= 11 is 0. The van der Waals surface area contributed by atoms with Crippen LogP contribution in [0, 0.1) is 5.41 Å². The van der Waals surface area contributed by atoms with E-state index in [0.717, 1.165) is 12.8 Å². The van der Waals surface area contributed by atoms with Crippen molar-refractivity contribution in [2.75, 3.05) is 13.2 Å². The lowest BCUT2D eigenvalue weighted by Crippen LogP contribution is -2.55. The summed E-state index contributed by atoms with van der Waals surface area (Å²) in [6.07, 6.45) is 1.49. The van der Waals surface area contributed by atoms with Crippen molar-refractivity contribution in [2.24, 2.45) is 5.41 Å². The molecule has 1 atom stereocenters. The van der Waals surface area contributed by atoms with Crippen LogP contribution >= 0.6 is 0 Å². The Morgan fingerprint density at radius 3 is 2.48 bits per heavy atom. The Morgan fingerprint density at radius 2 is 1.95 bits per heavy atom. The molecule has 1 aliphatic heterocycles. The highest BCUT2D eigenvalue weighted by Gasteiger charge is 2.31. The van der Waals surface area contributed by atoms with Crippen molar-refractivity contribution < 1.29 is 24.2 Å². The van der Waals surface area contributed by atoms with Gasteiger partial charge in [-0.2, -0.15) is 0 Å². The number of urea groups is 1. The molecule has 1 rings (SSSR count). The van der Waals surface area contributed by atoms with Gasteiger partial charge >= 0.3 is 12.0 Å². The molecule has 0 radical (unpaired) electrons. The molecule has 1 fully saturated rings. The quantitative estimate of drug-likeness (QED) is 0.709. The lowest BCUT2D eigenvalue weighted by molar-refractivity contribution is -0.139. The highest BCUT2D eigenvalue weighted by molar-refractivity contribution is 5.95. The fourth-order valence-electron chi connectivity index (χ4n) is 2.42. The highest BCUT2D eigenvalue weighted by atomic mass is 16.5. The molecular formula is C14H24N2O5. The van der Waals surface area contributed by atoms with Crippen LogP contribution in [0.25, 0.3) is 0 Å². The fourth-order valence-corrected chi connectivity index (χ4v) is 2.42. The largest absolute Gasteiger partial charge is 0.481 e. The van der Waals surface area contributed by atoms with Gasteiger partial charge in [0.2, 0.25) is 5.91 Å². The van der Waals surface area contributed by atoms with Crippen LogP contribution in [-0.4, -0.2) is 41.8 Å².